The van der Waals surface area contributed by atoms with E-state index in [4.69, 9.17) is 21.1 Å². The highest BCUT2D eigenvalue weighted by molar-refractivity contribution is 6.30. The Morgan fingerprint density at radius 2 is 1.45 bits per heavy atom. The lowest BCUT2D eigenvalue weighted by Gasteiger charge is -2.05. The molecule has 0 aliphatic carbocycles. The maximum Gasteiger partial charge on any atom is 0.343 e. The SMILES string of the molecule is COc1ccc(C(=O)N/N=C/c2ccc(OC(=O)c3ccc(Cl)cc3)cc2)cc1. The van der Waals surface area contributed by atoms with Crippen molar-refractivity contribution >= 4 is 29.7 Å². The fraction of sp³-hybridized carbons (Fsp3) is 0.0455. The third kappa shape index (κ3) is 5.67. The van der Waals surface area contributed by atoms with Crippen molar-refractivity contribution in [2.45, 2.75) is 0 Å². The molecule has 7 heteroatoms. The lowest BCUT2D eigenvalue weighted by Crippen LogP contribution is -2.17. The van der Waals surface area contributed by atoms with E-state index in [1.54, 1.807) is 79.9 Å². The first-order valence-corrected chi connectivity index (χ1v) is 8.98. The Hall–Kier alpha value is -3.64. The van der Waals surface area contributed by atoms with E-state index in [0.29, 0.717) is 27.6 Å². The number of rotatable bonds is 6. The zero-order valence-electron chi connectivity index (χ0n) is 15.5. The van der Waals surface area contributed by atoms with Crippen LogP contribution >= 0.6 is 11.6 Å². The van der Waals surface area contributed by atoms with Crippen LogP contribution in [0.1, 0.15) is 26.3 Å². The first-order valence-electron chi connectivity index (χ1n) is 8.60. The molecule has 0 radical (unpaired) electrons. The third-order valence-corrected chi connectivity index (χ3v) is 4.15. The van der Waals surface area contributed by atoms with Crippen LogP contribution in [-0.4, -0.2) is 25.2 Å². The molecule has 0 saturated heterocycles. The Morgan fingerprint density at radius 1 is 0.862 bits per heavy atom. The summed E-state index contributed by atoms with van der Waals surface area (Å²) in [5.74, 6) is 0.249. The van der Waals surface area contributed by atoms with Crippen LogP contribution in [0.2, 0.25) is 5.02 Å². The number of benzene rings is 3. The Bertz CT molecular complexity index is 1010. The second-order valence-electron chi connectivity index (χ2n) is 5.89. The molecule has 0 heterocycles. The van der Waals surface area contributed by atoms with E-state index in [-0.39, 0.29) is 5.91 Å². The van der Waals surface area contributed by atoms with E-state index in [0.717, 1.165) is 5.56 Å². The summed E-state index contributed by atoms with van der Waals surface area (Å²) in [5.41, 5.74) is 4.05. The lowest BCUT2D eigenvalue weighted by molar-refractivity contribution is 0.0734. The molecule has 146 valence electrons. The van der Waals surface area contributed by atoms with Gasteiger partial charge in [0.1, 0.15) is 11.5 Å². The van der Waals surface area contributed by atoms with Crippen LogP contribution in [0.4, 0.5) is 0 Å². The van der Waals surface area contributed by atoms with E-state index in [1.165, 1.54) is 6.21 Å². The van der Waals surface area contributed by atoms with E-state index in [1.807, 2.05) is 0 Å². The number of carbonyl (C=O) groups excluding carboxylic acids is 2. The summed E-state index contributed by atoms with van der Waals surface area (Å²) in [7, 11) is 1.56. The average Bonchev–Trinajstić information content (AvgIpc) is 2.75. The average molecular weight is 409 g/mol. The van der Waals surface area contributed by atoms with Gasteiger partial charge in [-0.05, 0) is 78.4 Å². The molecule has 6 nitrogen and oxygen atoms in total. The fourth-order valence-corrected chi connectivity index (χ4v) is 2.47. The molecular formula is C22H17ClN2O4. The molecule has 29 heavy (non-hydrogen) atoms. The molecule has 1 N–H and O–H groups in total. The molecule has 3 rings (SSSR count). The maximum atomic E-state index is 12.1. The van der Waals surface area contributed by atoms with Gasteiger partial charge in [-0.25, -0.2) is 10.2 Å². The number of nitrogens with one attached hydrogen (secondary N) is 1. The van der Waals surface area contributed by atoms with Crippen molar-refractivity contribution < 1.29 is 19.1 Å². The van der Waals surface area contributed by atoms with Gasteiger partial charge in [-0.2, -0.15) is 5.10 Å². The Labute approximate surface area is 172 Å². The van der Waals surface area contributed by atoms with Crippen LogP contribution in [0.3, 0.4) is 0 Å². The molecule has 0 aliphatic rings. The Balaban J connectivity index is 1.54. The summed E-state index contributed by atoms with van der Waals surface area (Å²) < 4.78 is 10.4. The number of methoxy groups -OCH3 is 1. The molecule has 3 aromatic carbocycles. The molecule has 3 aromatic rings. The van der Waals surface area contributed by atoms with Gasteiger partial charge in [0.15, 0.2) is 0 Å². The van der Waals surface area contributed by atoms with Gasteiger partial charge in [0.25, 0.3) is 5.91 Å². The standard InChI is InChI=1S/C22H17ClN2O4/c1-28-19-12-6-16(7-13-19)21(26)25-24-14-15-2-10-20(11-3-15)29-22(27)17-4-8-18(23)9-5-17/h2-14H,1H3,(H,25,26)/b24-14+. The lowest BCUT2D eigenvalue weighted by atomic mass is 10.2. The van der Waals surface area contributed by atoms with Crippen molar-refractivity contribution in [3.8, 4) is 11.5 Å². The van der Waals surface area contributed by atoms with Gasteiger partial charge in [0.05, 0.1) is 18.9 Å². The Kier molecular flexibility index (Phi) is 6.60. The van der Waals surface area contributed by atoms with Crippen molar-refractivity contribution in [2.75, 3.05) is 7.11 Å². The molecule has 0 saturated carbocycles. The van der Waals surface area contributed by atoms with Crippen molar-refractivity contribution in [2.24, 2.45) is 5.10 Å². The highest BCUT2D eigenvalue weighted by Crippen LogP contribution is 2.15. The van der Waals surface area contributed by atoms with Gasteiger partial charge in [0.2, 0.25) is 0 Å². The molecule has 0 unspecified atom stereocenters. The normalized spacial score (nSPS) is 10.6. The number of ether oxygens (including phenoxy) is 2. The zero-order valence-corrected chi connectivity index (χ0v) is 16.2. The Morgan fingerprint density at radius 3 is 2.07 bits per heavy atom. The fourth-order valence-electron chi connectivity index (χ4n) is 2.35. The molecule has 0 fully saturated rings. The van der Waals surface area contributed by atoms with Gasteiger partial charge < -0.3 is 9.47 Å². The van der Waals surface area contributed by atoms with Gasteiger partial charge in [0, 0.05) is 10.6 Å². The van der Waals surface area contributed by atoms with E-state index in [2.05, 4.69) is 10.5 Å². The predicted octanol–water partition coefficient (Wildman–Crippen LogP) is 4.33. The molecule has 0 spiro atoms. The van der Waals surface area contributed by atoms with E-state index < -0.39 is 5.97 Å². The van der Waals surface area contributed by atoms with Crippen LogP contribution in [0.15, 0.2) is 77.9 Å². The van der Waals surface area contributed by atoms with Crippen LogP contribution in [0.25, 0.3) is 0 Å². The first kappa shape index (κ1) is 20.1. The number of hydrogen-bond donors (Lipinski definition) is 1. The highest BCUT2D eigenvalue weighted by atomic mass is 35.5. The molecule has 1 amide bonds. The smallest absolute Gasteiger partial charge is 0.343 e. The van der Waals surface area contributed by atoms with Crippen molar-refractivity contribution in [1.29, 1.82) is 0 Å². The number of esters is 1. The molecule has 0 aromatic heterocycles. The summed E-state index contributed by atoms with van der Waals surface area (Å²) in [4.78, 5) is 24.1. The third-order valence-electron chi connectivity index (χ3n) is 3.90. The summed E-state index contributed by atoms with van der Waals surface area (Å²) in [6, 6.07) is 19.8. The molecule has 0 aliphatic heterocycles. The van der Waals surface area contributed by atoms with Crippen molar-refractivity contribution in [3.05, 3.63) is 94.5 Å². The number of carbonyl (C=O) groups is 2. The number of hydrazone groups is 1. The minimum Gasteiger partial charge on any atom is -0.497 e. The summed E-state index contributed by atoms with van der Waals surface area (Å²) >= 11 is 5.81. The number of amides is 1. The number of nitrogens with zero attached hydrogens (tertiary/aromatic N) is 1. The van der Waals surface area contributed by atoms with Crippen LogP contribution < -0.4 is 14.9 Å². The van der Waals surface area contributed by atoms with Crippen molar-refractivity contribution in [3.63, 3.8) is 0 Å². The second-order valence-corrected chi connectivity index (χ2v) is 6.33. The minimum atomic E-state index is -0.477. The largest absolute Gasteiger partial charge is 0.497 e. The predicted molar refractivity (Wildman–Crippen MR) is 111 cm³/mol. The van der Waals surface area contributed by atoms with Gasteiger partial charge in [-0.15, -0.1) is 0 Å². The number of hydrogen-bond acceptors (Lipinski definition) is 5. The number of halogens is 1. The van der Waals surface area contributed by atoms with Gasteiger partial charge >= 0.3 is 5.97 Å². The highest BCUT2D eigenvalue weighted by Gasteiger charge is 2.08. The molecule has 0 atom stereocenters. The summed E-state index contributed by atoms with van der Waals surface area (Å²) in [5, 5.41) is 4.48. The zero-order chi connectivity index (χ0) is 20.6. The monoisotopic (exact) mass is 408 g/mol. The summed E-state index contributed by atoms with van der Waals surface area (Å²) in [6.45, 7) is 0. The van der Waals surface area contributed by atoms with Crippen LogP contribution in [0.5, 0.6) is 11.5 Å². The second kappa shape index (κ2) is 9.52. The maximum absolute atomic E-state index is 12.1. The summed E-state index contributed by atoms with van der Waals surface area (Å²) in [6.07, 6.45) is 1.49. The minimum absolute atomic E-state index is 0.336. The van der Waals surface area contributed by atoms with Gasteiger partial charge in [-0.1, -0.05) is 11.6 Å². The topological polar surface area (TPSA) is 77.0 Å². The van der Waals surface area contributed by atoms with Gasteiger partial charge in [-0.3, -0.25) is 4.79 Å². The molecular weight excluding hydrogens is 392 g/mol. The first-order chi connectivity index (χ1) is 14.0. The quantitative estimate of drug-likeness (QED) is 0.285. The van der Waals surface area contributed by atoms with E-state index in [9.17, 15) is 9.59 Å². The van der Waals surface area contributed by atoms with E-state index >= 15 is 0 Å². The molecule has 0 bridgehead atoms. The van der Waals surface area contributed by atoms with Crippen LogP contribution in [0, 0.1) is 0 Å². The van der Waals surface area contributed by atoms with Crippen molar-refractivity contribution in [1.82, 2.24) is 5.43 Å². The van der Waals surface area contributed by atoms with Crippen LogP contribution in [-0.2, 0) is 0 Å².